The van der Waals surface area contributed by atoms with Crippen LogP contribution in [0.1, 0.15) is 34.3 Å². The molecule has 0 heterocycles. The molecule has 0 saturated carbocycles. The third kappa shape index (κ3) is 7.04. The van der Waals surface area contributed by atoms with Gasteiger partial charge in [0.2, 0.25) is 5.91 Å². The highest BCUT2D eigenvalue weighted by atomic mass is 35.5. The maximum absolute atomic E-state index is 13.9. The Hall–Kier alpha value is -2.59. The van der Waals surface area contributed by atoms with Gasteiger partial charge in [-0.25, -0.2) is 8.78 Å². The van der Waals surface area contributed by atoms with Crippen molar-refractivity contribution in [2.24, 2.45) is 0 Å². The molecule has 0 bridgehead atoms. The fraction of sp³-hybridized carbons (Fsp3) is 0.167. The summed E-state index contributed by atoms with van der Waals surface area (Å²) >= 11 is 24.5. The number of hydrogen-bond donors (Lipinski definition) is 2. The molecule has 3 aromatic carbocycles. The first-order valence-corrected chi connectivity index (χ1v) is 11.7. The van der Waals surface area contributed by atoms with Crippen LogP contribution in [-0.2, 0) is 11.0 Å². The lowest BCUT2D eigenvalue weighted by Gasteiger charge is -2.27. The number of rotatable bonds is 6. The Morgan fingerprint density at radius 1 is 0.865 bits per heavy atom. The van der Waals surface area contributed by atoms with E-state index in [2.05, 4.69) is 10.6 Å². The van der Waals surface area contributed by atoms with E-state index < -0.39 is 45.4 Å². The molecule has 4 nitrogen and oxygen atoms in total. The molecule has 13 heteroatoms. The van der Waals surface area contributed by atoms with Gasteiger partial charge in [0.25, 0.3) is 5.91 Å². The largest absolute Gasteiger partial charge is 0.416 e. The number of carbonyl (C=O) groups is 2. The van der Waals surface area contributed by atoms with Crippen LogP contribution in [0.25, 0.3) is 0 Å². The third-order valence-corrected chi connectivity index (χ3v) is 6.17. The minimum atomic E-state index is -4.72. The molecule has 2 N–H and O–H groups in total. The lowest BCUT2D eigenvalue weighted by molar-refractivity contribution is -0.137. The fourth-order valence-electron chi connectivity index (χ4n) is 3.36. The van der Waals surface area contributed by atoms with Gasteiger partial charge in [0.15, 0.2) is 0 Å². The number of halogens is 9. The Labute approximate surface area is 227 Å². The van der Waals surface area contributed by atoms with Gasteiger partial charge in [0.05, 0.1) is 27.8 Å². The minimum Gasteiger partial charge on any atom is -0.325 e. The molecule has 1 atom stereocenters. The summed E-state index contributed by atoms with van der Waals surface area (Å²) in [6.07, 6.45) is -4.72. The number of carbonyl (C=O) groups excluding carboxylic acids is 2. The summed E-state index contributed by atoms with van der Waals surface area (Å²) in [7, 11) is 0. The van der Waals surface area contributed by atoms with Gasteiger partial charge in [-0.15, -0.1) is 23.2 Å². The van der Waals surface area contributed by atoms with Crippen LogP contribution in [0.2, 0.25) is 10.0 Å². The van der Waals surface area contributed by atoms with Crippen molar-refractivity contribution in [1.29, 1.82) is 0 Å². The van der Waals surface area contributed by atoms with Crippen LogP contribution in [-0.4, -0.2) is 16.1 Å². The first-order valence-electron chi connectivity index (χ1n) is 10.2. The van der Waals surface area contributed by atoms with Crippen LogP contribution in [0.4, 0.5) is 33.3 Å². The van der Waals surface area contributed by atoms with Crippen LogP contribution in [0.15, 0.2) is 54.6 Å². The zero-order valence-electron chi connectivity index (χ0n) is 18.5. The van der Waals surface area contributed by atoms with E-state index in [0.717, 1.165) is 30.3 Å². The monoisotopic (exact) mass is 598 g/mol. The number of nitrogens with one attached hydrogen (secondary N) is 2. The molecule has 37 heavy (non-hydrogen) atoms. The predicted octanol–water partition coefficient (Wildman–Crippen LogP) is 8.46. The normalized spacial score (nSPS) is 12.7. The summed E-state index contributed by atoms with van der Waals surface area (Å²) in [5.74, 6) is -5.28. The molecule has 0 aliphatic heterocycles. The molecule has 0 aliphatic carbocycles. The second kappa shape index (κ2) is 11.0. The second-order valence-corrected chi connectivity index (χ2v) is 10.5. The number of alkyl halides is 5. The Morgan fingerprint density at radius 2 is 1.51 bits per heavy atom. The number of anilines is 2. The minimum absolute atomic E-state index is 0.00944. The molecule has 0 spiro atoms. The third-order valence-electron chi connectivity index (χ3n) is 5.06. The summed E-state index contributed by atoms with van der Waals surface area (Å²) in [4.78, 5) is 25.8. The summed E-state index contributed by atoms with van der Waals surface area (Å²) < 4.78 is 64.9. The summed E-state index contributed by atoms with van der Waals surface area (Å²) in [5.41, 5.74) is -1.88. The Bertz CT molecular complexity index is 1360. The standard InChI is InChI=1S/C24H15Cl4F5N2O2/c1-23(27,28)20(14-8-11(24(31,32)33)2-5-16(14)25)22(37)34-13-4-6-17(26)15(10-13)21(36)35-19-7-3-12(29)9-18(19)30/h2-10,20H,1H3,(H,34,37)(H,35,36). The lowest BCUT2D eigenvalue weighted by Crippen LogP contribution is -2.33. The molecule has 0 radical (unpaired) electrons. The number of hydrogen-bond acceptors (Lipinski definition) is 2. The van der Waals surface area contributed by atoms with Gasteiger partial charge >= 0.3 is 6.18 Å². The van der Waals surface area contributed by atoms with Gasteiger partial charge in [-0.2, -0.15) is 13.2 Å². The SMILES string of the molecule is CC(Cl)(Cl)C(C(=O)Nc1ccc(Cl)c(C(=O)Nc2ccc(F)cc2F)c1)c1cc(C(F)(F)F)ccc1Cl. The van der Waals surface area contributed by atoms with E-state index in [1.165, 1.54) is 19.1 Å². The van der Waals surface area contributed by atoms with Crippen molar-refractivity contribution in [3.63, 3.8) is 0 Å². The molecule has 196 valence electrons. The summed E-state index contributed by atoms with van der Waals surface area (Å²) in [6.45, 7) is 1.20. The van der Waals surface area contributed by atoms with Crippen LogP contribution in [0, 0.1) is 11.6 Å². The molecule has 0 aromatic heterocycles. The van der Waals surface area contributed by atoms with Crippen LogP contribution < -0.4 is 10.6 Å². The molecular formula is C24H15Cl4F5N2O2. The quantitative estimate of drug-likeness (QED) is 0.221. The molecular weight excluding hydrogens is 585 g/mol. The van der Waals surface area contributed by atoms with Gasteiger partial charge in [0, 0.05) is 16.8 Å². The Balaban J connectivity index is 1.92. The van der Waals surface area contributed by atoms with E-state index in [1.54, 1.807) is 0 Å². The van der Waals surface area contributed by atoms with Crippen molar-refractivity contribution in [3.05, 3.63) is 93.0 Å². The van der Waals surface area contributed by atoms with Gasteiger partial charge in [-0.05, 0) is 61.0 Å². The maximum atomic E-state index is 13.9. The predicted molar refractivity (Wildman–Crippen MR) is 134 cm³/mol. The zero-order valence-corrected chi connectivity index (χ0v) is 21.5. The second-order valence-electron chi connectivity index (χ2n) is 7.89. The molecule has 2 amide bonds. The highest BCUT2D eigenvalue weighted by Gasteiger charge is 2.40. The lowest BCUT2D eigenvalue weighted by atomic mass is 9.92. The first kappa shape index (κ1) is 29.0. The van der Waals surface area contributed by atoms with E-state index in [1.807, 2.05) is 0 Å². The first-order chi connectivity index (χ1) is 17.1. The molecule has 0 fully saturated rings. The average molecular weight is 600 g/mol. The molecule has 3 rings (SSSR count). The van der Waals surface area contributed by atoms with Gasteiger partial charge < -0.3 is 10.6 Å². The van der Waals surface area contributed by atoms with E-state index in [9.17, 15) is 31.5 Å². The van der Waals surface area contributed by atoms with Gasteiger partial charge in [-0.1, -0.05) is 23.2 Å². The smallest absolute Gasteiger partial charge is 0.325 e. The average Bonchev–Trinajstić information content (AvgIpc) is 2.76. The van der Waals surface area contributed by atoms with Crippen molar-refractivity contribution >= 4 is 69.6 Å². The van der Waals surface area contributed by atoms with Crippen molar-refractivity contribution in [3.8, 4) is 0 Å². The summed E-state index contributed by atoms with van der Waals surface area (Å²) in [6, 6.07) is 8.60. The van der Waals surface area contributed by atoms with Crippen molar-refractivity contribution in [2.45, 2.75) is 23.4 Å². The van der Waals surface area contributed by atoms with E-state index in [0.29, 0.717) is 12.1 Å². The highest BCUT2D eigenvalue weighted by Crippen LogP contribution is 2.43. The van der Waals surface area contributed by atoms with Gasteiger partial charge in [-0.3, -0.25) is 9.59 Å². The molecule has 0 saturated heterocycles. The number of benzene rings is 3. The Morgan fingerprint density at radius 3 is 2.11 bits per heavy atom. The summed E-state index contributed by atoms with van der Waals surface area (Å²) in [5, 5.41) is 4.40. The molecule has 0 aliphatic rings. The van der Waals surface area contributed by atoms with E-state index >= 15 is 0 Å². The van der Waals surface area contributed by atoms with Crippen LogP contribution in [0.3, 0.4) is 0 Å². The molecule has 3 aromatic rings. The van der Waals surface area contributed by atoms with Crippen LogP contribution >= 0.6 is 46.4 Å². The fourth-order valence-corrected chi connectivity index (χ4v) is 4.22. The van der Waals surface area contributed by atoms with E-state index in [4.69, 9.17) is 46.4 Å². The highest BCUT2D eigenvalue weighted by molar-refractivity contribution is 6.50. The van der Waals surface area contributed by atoms with Crippen molar-refractivity contribution < 1.29 is 31.5 Å². The van der Waals surface area contributed by atoms with Crippen molar-refractivity contribution in [1.82, 2.24) is 0 Å². The topological polar surface area (TPSA) is 58.2 Å². The Kier molecular flexibility index (Phi) is 8.64. The van der Waals surface area contributed by atoms with E-state index in [-0.39, 0.29) is 32.5 Å². The van der Waals surface area contributed by atoms with Crippen molar-refractivity contribution in [2.75, 3.05) is 10.6 Å². The van der Waals surface area contributed by atoms with Crippen LogP contribution in [0.5, 0.6) is 0 Å². The zero-order chi connectivity index (χ0) is 27.7. The maximum Gasteiger partial charge on any atom is 0.416 e. The molecule has 1 unspecified atom stereocenters. The number of amides is 2. The van der Waals surface area contributed by atoms with Gasteiger partial charge in [0.1, 0.15) is 16.0 Å².